The van der Waals surface area contributed by atoms with Crippen molar-refractivity contribution < 1.29 is 0 Å². The van der Waals surface area contributed by atoms with Gasteiger partial charge in [-0.05, 0) is 37.3 Å². The van der Waals surface area contributed by atoms with E-state index in [1.165, 1.54) is 87.6 Å². The van der Waals surface area contributed by atoms with E-state index in [9.17, 15) is 0 Å². The van der Waals surface area contributed by atoms with Crippen LogP contribution < -0.4 is 0 Å². The fourth-order valence-electron chi connectivity index (χ4n) is 2.25. The van der Waals surface area contributed by atoms with Crippen molar-refractivity contribution in [3.8, 4) is 0 Å². The summed E-state index contributed by atoms with van der Waals surface area (Å²) in [6.45, 7) is 4.96. The van der Waals surface area contributed by atoms with E-state index in [-0.39, 0.29) is 0 Å². The summed E-state index contributed by atoms with van der Waals surface area (Å²) in [5.41, 5.74) is 0. The first-order valence-electron chi connectivity index (χ1n) is 7.81. The maximum atomic E-state index is 2.60. The number of thioether (sulfide) groups is 2. The molecule has 108 valence electrons. The van der Waals surface area contributed by atoms with Gasteiger partial charge in [-0.25, -0.2) is 0 Å². The van der Waals surface area contributed by atoms with Crippen LogP contribution in [0.2, 0.25) is 0 Å². The molecule has 1 saturated heterocycles. The molecular formula is C15H31NS2. The van der Waals surface area contributed by atoms with Crippen LogP contribution in [0.4, 0.5) is 0 Å². The summed E-state index contributed by atoms with van der Waals surface area (Å²) in [5.74, 6) is 5.43. The van der Waals surface area contributed by atoms with Gasteiger partial charge in [-0.15, -0.1) is 11.8 Å². The molecule has 1 aliphatic heterocycles. The van der Waals surface area contributed by atoms with Gasteiger partial charge in [-0.3, -0.25) is 4.90 Å². The van der Waals surface area contributed by atoms with Gasteiger partial charge in [0.05, 0.1) is 0 Å². The van der Waals surface area contributed by atoms with E-state index < -0.39 is 0 Å². The lowest BCUT2D eigenvalue weighted by molar-refractivity contribution is 0.346. The van der Waals surface area contributed by atoms with E-state index in [2.05, 4.69) is 35.3 Å². The topological polar surface area (TPSA) is 3.24 Å². The van der Waals surface area contributed by atoms with Gasteiger partial charge in [0, 0.05) is 18.2 Å². The minimum Gasteiger partial charge on any atom is -0.293 e. The Kier molecular flexibility index (Phi) is 11.8. The Labute approximate surface area is 123 Å². The molecule has 0 bridgehead atoms. The predicted octanol–water partition coefficient (Wildman–Crippen LogP) is 4.87. The molecule has 0 aromatic heterocycles. The summed E-state index contributed by atoms with van der Waals surface area (Å²) < 4.78 is 0. The molecule has 0 N–H and O–H groups in total. The van der Waals surface area contributed by atoms with E-state index in [0.29, 0.717) is 0 Å². The molecule has 1 fully saturated rings. The van der Waals surface area contributed by atoms with Crippen molar-refractivity contribution in [2.75, 3.05) is 36.2 Å². The average molecular weight is 290 g/mol. The molecule has 3 heteroatoms. The summed E-state index contributed by atoms with van der Waals surface area (Å²) in [7, 11) is 0. The number of rotatable bonds is 12. The quantitative estimate of drug-likeness (QED) is 0.472. The summed E-state index contributed by atoms with van der Waals surface area (Å²) in [4.78, 5) is 2.60. The van der Waals surface area contributed by atoms with Crippen molar-refractivity contribution in [1.82, 2.24) is 4.90 Å². The average Bonchev–Trinajstić information content (AvgIpc) is 2.89. The van der Waals surface area contributed by atoms with Crippen LogP contribution >= 0.6 is 23.5 Å². The molecule has 0 aromatic rings. The summed E-state index contributed by atoms with van der Waals surface area (Å²) >= 11 is 4.26. The highest BCUT2D eigenvalue weighted by molar-refractivity contribution is 7.99. The number of hydrogen-bond acceptors (Lipinski definition) is 3. The smallest absolute Gasteiger partial charge is 0.0445 e. The number of hydrogen-bond donors (Lipinski definition) is 0. The van der Waals surface area contributed by atoms with E-state index in [4.69, 9.17) is 0 Å². The van der Waals surface area contributed by atoms with Crippen LogP contribution in [-0.4, -0.2) is 41.1 Å². The minimum atomic E-state index is 1.28. The molecule has 1 nitrogen and oxygen atoms in total. The van der Waals surface area contributed by atoms with Gasteiger partial charge in [0.1, 0.15) is 0 Å². The lowest BCUT2D eigenvalue weighted by Crippen LogP contribution is -2.20. The molecule has 0 spiro atoms. The Hall–Kier alpha value is 0.660. The highest BCUT2D eigenvalue weighted by Gasteiger charge is 2.10. The normalized spacial score (nSPS) is 16.5. The predicted molar refractivity (Wildman–Crippen MR) is 88.8 cm³/mol. The first-order chi connectivity index (χ1) is 8.93. The zero-order valence-corrected chi connectivity index (χ0v) is 13.8. The first kappa shape index (κ1) is 16.7. The van der Waals surface area contributed by atoms with E-state index in [1.54, 1.807) is 0 Å². The molecule has 1 rings (SSSR count). The zero-order chi connectivity index (χ0) is 12.9. The van der Waals surface area contributed by atoms with Gasteiger partial charge in [0.15, 0.2) is 0 Å². The van der Waals surface area contributed by atoms with Crippen LogP contribution in [0.1, 0.15) is 58.3 Å². The second kappa shape index (κ2) is 12.7. The van der Waals surface area contributed by atoms with Crippen LogP contribution in [0.15, 0.2) is 0 Å². The summed E-state index contributed by atoms with van der Waals surface area (Å²) in [5, 5.41) is 0. The van der Waals surface area contributed by atoms with Gasteiger partial charge < -0.3 is 0 Å². The lowest BCUT2D eigenvalue weighted by atomic mass is 10.2. The van der Waals surface area contributed by atoms with Crippen LogP contribution in [0.5, 0.6) is 0 Å². The van der Waals surface area contributed by atoms with Crippen molar-refractivity contribution in [3.05, 3.63) is 0 Å². The van der Waals surface area contributed by atoms with Crippen LogP contribution in [0.25, 0.3) is 0 Å². The second-order valence-corrected chi connectivity index (χ2v) is 7.54. The molecule has 0 radical (unpaired) electrons. The van der Waals surface area contributed by atoms with Crippen molar-refractivity contribution in [1.29, 1.82) is 0 Å². The lowest BCUT2D eigenvalue weighted by Gasteiger charge is -2.12. The highest BCUT2D eigenvalue weighted by atomic mass is 32.2. The van der Waals surface area contributed by atoms with Crippen molar-refractivity contribution in [2.45, 2.75) is 58.3 Å². The maximum Gasteiger partial charge on any atom is 0.0445 e. The largest absolute Gasteiger partial charge is 0.293 e. The van der Waals surface area contributed by atoms with Gasteiger partial charge in [0.2, 0.25) is 0 Å². The van der Waals surface area contributed by atoms with Crippen LogP contribution in [0.3, 0.4) is 0 Å². The maximum absolute atomic E-state index is 2.60. The standard InChI is InChI=1S/C15H31NS2/c1-2-3-4-5-8-12-17-13-9-6-7-10-16-11-14-18-15-16/h2-15H2,1H3. The third kappa shape index (κ3) is 9.57. The molecule has 18 heavy (non-hydrogen) atoms. The summed E-state index contributed by atoms with van der Waals surface area (Å²) in [6, 6.07) is 0. The monoisotopic (exact) mass is 289 g/mol. The van der Waals surface area contributed by atoms with Gasteiger partial charge in [-0.2, -0.15) is 11.8 Å². The molecule has 0 atom stereocenters. The highest BCUT2D eigenvalue weighted by Crippen LogP contribution is 2.15. The molecule has 0 unspecified atom stereocenters. The molecule has 1 aliphatic rings. The van der Waals surface area contributed by atoms with E-state index >= 15 is 0 Å². The Morgan fingerprint density at radius 3 is 2.33 bits per heavy atom. The Balaban J connectivity index is 1.68. The Morgan fingerprint density at radius 1 is 0.944 bits per heavy atom. The summed E-state index contributed by atoms with van der Waals surface area (Å²) in [6.07, 6.45) is 11.4. The van der Waals surface area contributed by atoms with Gasteiger partial charge in [0.25, 0.3) is 0 Å². The Bertz CT molecular complexity index is 170. The minimum absolute atomic E-state index is 1.28. The fraction of sp³-hybridized carbons (Fsp3) is 1.00. The van der Waals surface area contributed by atoms with Crippen molar-refractivity contribution in [2.24, 2.45) is 0 Å². The van der Waals surface area contributed by atoms with Gasteiger partial charge >= 0.3 is 0 Å². The van der Waals surface area contributed by atoms with Crippen LogP contribution in [0, 0.1) is 0 Å². The Morgan fingerprint density at radius 2 is 1.67 bits per heavy atom. The third-order valence-corrected chi connectivity index (χ3v) is 5.65. The number of nitrogens with zero attached hydrogens (tertiary/aromatic N) is 1. The fourth-order valence-corrected chi connectivity index (χ4v) is 4.31. The van der Waals surface area contributed by atoms with Crippen LogP contribution in [-0.2, 0) is 0 Å². The molecule has 0 aromatic carbocycles. The SMILES string of the molecule is CCCCCCCSCCCCCN1CCSC1. The molecule has 0 aliphatic carbocycles. The molecule has 1 heterocycles. The molecule has 0 saturated carbocycles. The van der Waals surface area contributed by atoms with E-state index in [0.717, 1.165) is 0 Å². The molecular weight excluding hydrogens is 258 g/mol. The van der Waals surface area contributed by atoms with Crippen molar-refractivity contribution in [3.63, 3.8) is 0 Å². The van der Waals surface area contributed by atoms with Crippen molar-refractivity contribution >= 4 is 23.5 Å². The molecule has 0 amide bonds. The first-order valence-corrected chi connectivity index (χ1v) is 10.1. The third-order valence-electron chi connectivity index (χ3n) is 3.48. The zero-order valence-electron chi connectivity index (χ0n) is 12.2. The number of unbranched alkanes of at least 4 members (excludes halogenated alkanes) is 6. The van der Waals surface area contributed by atoms with Gasteiger partial charge in [-0.1, -0.05) is 39.0 Å². The van der Waals surface area contributed by atoms with E-state index in [1.807, 2.05) is 0 Å². The second-order valence-electron chi connectivity index (χ2n) is 5.24.